The van der Waals surface area contributed by atoms with E-state index in [1.165, 1.54) is 0 Å². The van der Waals surface area contributed by atoms with Gasteiger partial charge in [0.1, 0.15) is 0 Å². The van der Waals surface area contributed by atoms with Crippen LogP contribution in [-0.2, 0) is 9.53 Å². The normalized spacial score (nSPS) is 29.1. The maximum atomic E-state index is 11.6. The summed E-state index contributed by atoms with van der Waals surface area (Å²) in [6.07, 6.45) is 2.76. The molecule has 2 aliphatic heterocycles. The minimum Gasteiger partial charge on any atom is -0.381 e. The predicted octanol–water partition coefficient (Wildman–Crippen LogP) is 0.147. The first-order valence-electron chi connectivity index (χ1n) is 4.93. The number of likely N-dealkylation sites (tertiary alicyclic amines) is 1. The van der Waals surface area contributed by atoms with E-state index in [0.717, 1.165) is 39.0 Å². The van der Waals surface area contributed by atoms with E-state index >= 15 is 0 Å². The van der Waals surface area contributed by atoms with Gasteiger partial charge in [0.05, 0.1) is 6.04 Å². The molecule has 14 heavy (non-hydrogen) atoms. The largest absolute Gasteiger partial charge is 0.381 e. The number of amides is 1. The molecule has 5 heteroatoms. The summed E-state index contributed by atoms with van der Waals surface area (Å²) in [4.78, 5) is 13.5. The molecule has 0 aromatic heterocycles. The van der Waals surface area contributed by atoms with Crippen LogP contribution in [0.1, 0.15) is 19.3 Å². The number of nitrogens with zero attached hydrogens (tertiary/aromatic N) is 1. The van der Waals surface area contributed by atoms with E-state index in [2.05, 4.69) is 0 Å². The quantitative estimate of drug-likeness (QED) is 0.685. The third-order valence-electron chi connectivity index (χ3n) is 2.91. The summed E-state index contributed by atoms with van der Waals surface area (Å²) >= 11 is 0. The molecule has 0 aliphatic carbocycles. The molecule has 2 aliphatic rings. The van der Waals surface area contributed by atoms with Crippen molar-refractivity contribution >= 4 is 18.3 Å². The SMILES string of the molecule is Cl.NC1CCN(C2CCOCC2)C1=O. The topological polar surface area (TPSA) is 55.6 Å². The summed E-state index contributed by atoms with van der Waals surface area (Å²) in [6, 6.07) is 0.137. The van der Waals surface area contributed by atoms with Crippen molar-refractivity contribution in [3.05, 3.63) is 0 Å². The number of hydrogen-bond acceptors (Lipinski definition) is 3. The number of hydrogen-bond donors (Lipinski definition) is 1. The lowest BCUT2D eigenvalue weighted by molar-refractivity contribution is -0.132. The lowest BCUT2D eigenvalue weighted by Gasteiger charge is -2.31. The summed E-state index contributed by atoms with van der Waals surface area (Å²) in [5.41, 5.74) is 5.65. The van der Waals surface area contributed by atoms with E-state index in [0.29, 0.717) is 6.04 Å². The Bertz CT molecular complexity index is 207. The zero-order chi connectivity index (χ0) is 9.26. The summed E-state index contributed by atoms with van der Waals surface area (Å²) in [6.45, 7) is 2.40. The molecule has 0 aromatic carbocycles. The molecule has 2 heterocycles. The van der Waals surface area contributed by atoms with Gasteiger partial charge in [0.25, 0.3) is 0 Å². The fourth-order valence-electron chi connectivity index (χ4n) is 2.08. The van der Waals surface area contributed by atoms with E-state index in [1.807, 2.05) is 4.90 Å². The highest BCUT2D eigenvalue weighted by Gasteiger charge is 2.34. The van der Waals surface area contributed by atoms with Gasteiger partial charge in [0.2, 0.25) is 5.91 Å². The van der Waals surface area contributed by atoms with Crippen molar-refractivity contribution < 1.29 is 9.53 Å². The molecule has 2 N–H and O–H groups in total. The molecule has 2 saturated heterocycles. The van der Waals surface area contributed by atoms with Gasteiger partial charge in [-0.1, -0.05) is 0 Å². The number of nitrogens with two attached hydrogens (primary N) is 1. The Labute approximate surface area is 90.2 Å². The van der Waals surface area contributed by atoms with Crippen LogP contribution in [0.2, 0.25) is 0 Å². The molecule has 1 amide bonds. The number of halogens is 1. The van der Waals surface area contributed by atoms with Crippen LogP contribution < -0.4 is 5.73 Å². The fraction of sp³-hybridized carbons (Fsp3) is 0.889. The summed E-state index contributed by atoms with van der Waals surface area (Å²) < 4.78 is 5.25. The van der Waals surface area contributed by atoms with Gasteiger partial charge in [-0.05, 0) is 19.3 Å². The molecule has 0 spiro atoms. The molecule has 1 unspecified atom stereocenters. The van der Waals surface area contributed by atoms with E-state index < -0.39 is 0 Å². The molecule has 0 bridgehead atoms. The second kappa shape index (κ2) is 4.96. The standard InChI is InChI=1S/C9H16N2O2.ClH/c10-8-1-4-11(9(8)12)7-2-5-13-6-3-7;/h7-8H,1-6,10H2;1H. The van der Waals surface area contributed by atoms with Gasteiger partial charge in [0.15, 0.2) is 0 Å². The Kier molecular flexibility index (Phi) is 4.16. The second-order valence-electron chi connectivity index (χ2n) is 3.77. The molecule has 82 valence electrons. The Morgan fingerprint density at radius 3 is 2.43 bits per heavy atom. The van der Waals surface area contributed by atoms with Crippen molar-refractivity contribution in [2.75, 3.05) is 19.8 Å². The third-order valence-corrected chi connectivity index (χ3v) is 2.91. The van der Waals surface area contributed by atoms with Gasteiger partial charge < -0.3 is 15.4 Å². The molecular weight excluding hydrogens is 204 g/mol. The average Bonchev–Trinajstić information content (AvgIpc) is 2.49. The highest BCUT2D eigenvalue weighted by atomic mass is 35.5. The number of carbonyl (C=O) groups is 1. The van der Waals surface area contributed by atoms with Crippen molar-refractivity contribution in [3.63, 3.8) is 0 Å². The summed E-state index contributed by atoms with van der Waals surface area (Å²) in [7, 11) is 0. The summed E-state index contributed by atoms with van der Waals surface area (Å²) in [5, 5.41) is 0. The van der Waals surface area contributed by atoms with Gasteiger partial charge in [-0.3, -0.25) is 4.79 Å². The van der Waals surface area contributed by atoms with Crippen LogP contribution >= 0.6 is 12.4 Å². The minimum atomic E-state index is -0.247. The van der Waals surface area contributed by atoms with E-state index in [1.54, 1.807) is 0 Å². The minimum absolute atomic E-state index is 0. The van der Waals surface area contributed by atoms with Crippen LogP contribution in [0.15, 0.2) is 0 Å². The first-order valence-corrected chi connectivity index (χ1v) is 4.93. The van der Waals surface area contributed by atoms with Crippen molar-refractivity contribution in [3.8, 4) is 0 Å². The maximum absolute atomic E-state index is 11.6. The number of carbonyl (C=O) groups excluding carboxylic acids is 1. The van der Waals surface area contributed by atoms with Crippen molar-refractivity contribution in [2.45, 2.75) is 31.3 Å². The second-order valence-corrected chi connectivity index (χ2v) is 3.77. The summed E-state index contributed by atoms with van der Waals surface area (Å²) in [5.74, 6) is 0.131. The molecule has 0 aromatic rings. The Morgan fingerprint density at radius 2 is 1.93 bits per heavy atom. The van der Waals surface area contributed by atoms with Crippen LogP contribution in [0.3, 0.4) is 0 Å². The number of ether oxygens (including phenoxy) is 1. The predicted molar refractivity (Wildman–Crippen MR) is 55.4 cm³/mol. The lowest BCUT2D eigenvalue weighted by Crippen LogP contribution is -2.43. The van der Waals surface area contributed by atoms with Gasteiger partial charge in [-0.25, -0.2) is 0 Å². The van der Waals surface area contributed by atoms with Gasteiger partial charge in [0, 0.05) is 25.8 Å². The monoisotopic (exact) mass is 220 g/mol. The van der Waals surface area contributed by atoms with Crippen LogP contribution in [0.4, 0.5) is 0 Å². The van der Waals surface area contributed by atoms with Crippen LogP contribution in [0, 0.1) is 0 Å². The molecule has 1 atom stereocenters. The van der Waals surface area contributed by atoms with Crippen molar-refractivity contribution in [1.29, 1.82) is 0 Å². The molecule has 2 fully saturated rings. The molecular formula is C9H17ClN2O2. The van der Waals surface area contributed by atoms with Gasteiger partial charge in [-0.15, -0.1) is 12.4 Å². The van der Waals surface area contributed by atoms with E-state index in [-0.39, 0.29) is 24.4 Å². The van der Waals surface area contributed by atoms with Crippen molar-refractivity contribution in [1.82, 2.24) is 4.90 Å². The molecule has 0 saturated carbocycles. The van der Waals surface area contributed by atoms with Gasteiger partial charge >= 0.3 is 0 Å². The first-order chi connectivity index (χ1) is 6.29. The Morgan fingerprint density at radius 1 is 1.29 bits per heavy atom. The third kappa shape index (κ3) is 2.19. The van der Waals surface area contributed by atoms with E-state index in [9.17, 15) is 4.79 Å². The molecule has 2 rings (SSSR count). The van der Waals surface area contributed by atoms with Crippen LogP contribution in [0.5, 0.6) is 0 Å². The van der Waals surface area contributed by atoms with Crippen LogP contribution in [-0.4, -0.2) is 42.6 Å². The zero-order valence-electron chi connectivity index (χ0n) is 8.15. The average molecular weight is 221 g/mol. The number of rotatable bonds is 1. The first kappa shape index (κ1) is 11.8. The smallest absolute Gasteiger partial charge is 0.239 e. The van der Waals surface area contributed by atoms with Gasteiger partial charge in [-0.2, -0.15) is 0 Å². The maximum Gasteiger partial charge on any atom is 0.239 e. The van der Waals surface area contributed by atoms with Crippen molar-refractivity contribution in [2.24, 2.45) is 5.73 Å². The fourth-order valence-corrected chi connectivity index (χ4v) is 2.08. The highest BCUT2D eigenvalue weighted by Crippen LogP contribution is 2.20. The van der Waals surface area contributed by atoms with E-state index in [4.69, 9.17) is 10.5 Å². The van der Waals surface area contributed by atoms with Crippen LogP contribution in [0.25, 0.3) is 0 Å². The molecule has 0 radical (unpaired) electrons. The highest BCUT2D eigenvalue weighted by molar-refractivity contribution is 5.85. The zero-order valence-corrected chi connectivity index (χ0v) is 8.96. The lowest BCUT2D eigenvalue weighted by atomic mass is 10.1. The Balaban J connectivity index is 0.000000980. The molecule has 4 nitrogen and oxygen atoms in total. The Hall–Kier alpha value is -0.320.